The van der Waals surface area contributed by atoms with Crippen LogP contribution in [0.4, 0.5) is 0 Å². The predicted molar refractivity (Wildman–Crippen MR) is 56.9 cm³/mol. The highest BCUT2D eigenvalue weighted by atomic mass is 15.1. The molecule has 78 valence electrons. The van der Waals surface area contributed by atoms with Crippen molar-refractivity contribution in [1.29, 1.82) is 0 Å². The van der Waals surface area contributed by atoms with Crippen LogP contribution >= 0.6 is 0 Å². The highest BCUT2D eigenvalue weighted by molar-refractivity contribution is 4.97. The van der Waals surface area contributed by atoms with Gasteiger partial charge in [0.05, 0.1) is 6.33 Å². The molecule has 1 aliphatic rings. The molecule has 1 saturated carbocycles. The normalized spacial score (nSPS) is 31.6. The Kier molecular flexibility index (Phi) is 2.35. The Balaban J connectivity index is 2.26. The Morgan fingerprint density at radius 3 is 2.86 bits per heavy atom. The Labute approximate surface area is 85.3 Å². The van der Waals surface area contributed by atoms with Gasteiger partial charge in [0.15, 0.2) is 0 Å². The fourth-order valence-electron chi connectivity index (χ4n) is 2.51. The lowest BCUT2D eigenvalue weighted by molar-refractivity contribution is 0.115. The van der Waals surface area contributed by atoms with E-state index in [9.17, 15) is 0 Å². The summed E-state index contributed by atoms with van der Waals surface area (Å²) in [4.78, 5) is 4.11. The summed E-state index contributed by atoms with van der Waals surface area (Å²) in [5, 5.41) is 0. The van der Waals surface area contributed by atoms with E-state index in [1.54, 1.807) is 0 Å². The second-order valence-electron chi connectivity index (χ2n) is 4.88. The summed E-state index contributed by atoms with van der Waals surface area (Å²) in [5.41, 5.74) is 6.35. The minimum atomic E-state index is 0.180. The van der Waals surface area contributed by atoms with E-state index in [0.29, 0.717) is 12.1 Å². The summed E-state index contributed by atoms with van der Waals surface area (Å²) in [5.74, 6) is 0. The lowest BCUT2D eigenvalue weighted by Gasteiger charge is -2.43. The van der Waals surface area contributed by atoms with Crippen LogP contribution in [-0.2, 0) is 0 Å². The van der Waals surface area contributed by atoms with Crippen LogP contribution in [0, 0.1) is 5.41 Å². The van der Waals surface area contributed by atoms with Gasteiger partial charge in [-0.15, -0.1) is 0 Å². The highest BCUT2D eigenvalue weighted by Crippen LogP contribution is 2.42. The van der Waals surface area contributed by atoms with Crippen LogP contribution < -0.4 is 5.73 Å². The van der Waals surface area contributed by atoms with Crippen LogP contribution in [0.2, 0.25) is 0 Å². The second kappa shape index (κ2) is 3.39. The summed E-state index contributed by atoms with van der Waals surface area (Å²) in [6.07, 6.45) is 9.40. The summed E-state index contributed by atoms with van der Waals surface area (Å²) < 4.78 is 2.21. The molecule has 0 aliphatic heterocycles. The summed E-state index contributed by atoms with van der Waals surface area (Å²) in [6.45, 7) is 4.53. The maximum Gasteiger partial charge on any atom is 0.0948 e. The van der Waals surface area contributed by atoms with Crippen LogP contribution in [0.1, 0.15) is 39.2 Å². The van der Waals surface area contributed by atoms with Gasteiger partial charge in [-0.2, -0.15) is 0 Å². The first-order valence-corrected chi connectivity index (χ1v) is 5.35. The van der Waals surface area contributed by atoms with Gasteiger partial charge in [0.1, 0.15) is 0 Å². The molecular formula is C11H19N3. The molecule has 14 heavy (non-hydrogen) atoms. The SMILES string of the molecule is CC1(C)[C@@H](N)CCC[C@H]1n1ccnc1. The molecule has 0 unspecified atom stereocenters. The molecule has 1 aliphatic carbocycles. The molecule has 0 spiro atoms. The molecule has 1 fully saturated rings. The molecule has 3 nitrogen and oxygen atoms in total. The van der Waals surface area contributed by atoms with Gasteiger partial charge in [0, 0.05) is 29.9 Å². The molecular weight excluding hydrogens is 174 g/mol. The van der Waals surface area contributed by atoms with Crippen LogP contribution in [0.25, 0.3) is 0 Å². The van der Waals surface area contributed by atoms with Crippen molar-refractivity contribution in [2.45, 2.75) is 45.2 Å². The lowest BCUT2D eigenvalue weighted by atomic mass is 9.70. The Bertz CT molecular complexity index is 289. The van der Waals surface area contributed by atoms with Gasteiger partial charge >= 0.3 is 0 Å². The monoisotopic (exact) mass is 193 g/mol. The van der Waals surface area contributed by atoms with E-state index in [0.717, 1.165) is 6.42 Å². The van der Waals surface area contributed by atoms with E-state index in [4.69, 9.17) is 5.73 Å². The zero-order valence-corrected chi connectivity index (χ0v) is 8.98. The smallest absolute Gasteiger partial charge is 0.0948 e. The van der Waals surface area contributed by atoms with Crippen molar-refractivity contribution in [2.24, 2.45) is 11.1 Å². The number of imidazole rings is 1. The largest absolute Gasteiger partial charge is 0.334 e. The molecule has 2 rings (SSSR count). The van der Waals surface area contributed by atoms with Crippen LogP contribution in [-0.4, -0.2) is 15.6 Å². The van der Waals surface area contributed by atoms with Crippen molar-refractivity contribution in [3.63, 3.8) is 0 Å². The van der Waals surface area contributed by atoms with E-state index in [1.165, 1.54) is 12.8 Å². The summed E-state index contributed by atoms with van der Waals surface area (Å²) in [7, 11) is 0. The van der Waals surface area contributed by atoms with E-state index in [2.05, 4.69) is 23.4 Å². The number of nitrogens with two attached hydrogens (primary N) is 1. The highest BCUT2D eigenvalue weighted by Gasteiger charge is 2.38. The van der Waals surface area contributed by atoms with Crippen molar-refractivity contribution < 1.29 is 0 Å². The van der Waals surface area contributed by atoms with Gasteiger partial charge in [0.25, 0.3) is 0 Å². The fraction of sp³-hybridized carbons (Fsp3) is 0.727. The quantitative estimate of drug-likeness (QED) is 0.741. The van der Waals surface area contributed by atoms with Crippen molar-refractivity contribution in [2.75, 3.05) is 0 Å². The third-order valence-corrected chi connectivity index (χ3v) is 3.69. The zero-order valence-electron chi connectivity index (χ0n) is 8.98. The van der Waals surface area contributed by atoms with Crippen LogP contribution in [0.15, 0.2) is 18.7 Å². The Morgan fingerprint density at radius 2 is 2.21 bits per heavy atom. The molecule has 0 radical (unpaired) electrons. The first kappa shape index (κ1) is 9.71. The Hall–Kier alpha value is -0.830. The van der Waals surface area contributed by atoms with Gasteiger partial charge in [-0.05, 0) is 19.3 Å². The molecule has 3 heteroatoms. The lowest BCUT2D eigenvalue weighted by Crippen LogP contribution is -2.46. The summed E-state index contributed by atoms with van der Waals surface area (Å²) >= 11 is 0. The number of rotatable bonds is 1. The van der Waals surface area contributed by atoms with Gasteiger partial charge in [-0.3, -0.25) is 0 Å². The molecule has 0 saturated heterocycles. The average Bonchev–Trinajstić information content (AvgIpc) is 2.62. The molecule has 0 bridgehead atoms. The van der Waals surface area contributed by atoms with Gasteiger partial charge < -0.3 is 10.3 Å². The minimum absolute atomic E-state index is 0.180. The topological polar surface area (TPSA) is 43.8 Å². The van der Waals surface area contributed by atoms with Crippen molar-refractivity contribution >= 4 is 0 Å². The van der Waals surface area contributed by atoms with E-state index < -0.39 is 0 Å². The van der Waals surface area contributed by atoms with E-state index in [-0.39, 0.29) is 5.41 Å². The molecule has 0 amide bonds. The predicted octanol–water partition coefficient (Wildman–Crippen LogP) is 1.96. The second-order valence-corrected chi connectivity index (χ2v) is 4.88. The zero-order chi connectivity index (χ0) is 10.2. The molecule has 1 aromatic rings. The van der Waals surface area contributed by atoms with Crippen LogP contribution in [0.3, 0.4) is 0 Å². The van der Waals surface area contributed by atoms with E-state index >= 15 is 0 Å². The minimum Gasteiger partial charge on any atom is -0.334 e. The maximum atomic E-state index is 6.18. The maximum absolute atomic E-state index is 6.18. The molecule has 1 aromatic heterocycles. The van der Waals surface area contributed by atoms with E-state index in [1.807, 2.05) is 18.7 Å². The molecule has 2 atom stereocenters. The first-order chi connectivity index (χ1) is 6.62. The average molecular weight is 193 g/mol. The first-order valence-electron chi connectivity index (χ1n) is 5.35. The van der Waals surface area contributed by atoms with Crippen LogP contribution in [0.5, 0.6) is 0 Å². The molecule has 0 aromatic carbocycles. The van der Waals surface area contributed by atoms with Gasteiger partial charge in [-0.1, -0.05) is 13.8 Å². The third kappa shape index (κ3) is 1.46. The summed E-state index contributed by atoms with van der Waals surface area (Å²) in [6, 6.07) is 0.817. The number of hydrogen-bond donors (Lipinski definition) is 1. The van der Waals surface area contributed by atoms with Crippen molar-refractivity contribution in [1.82, 2.24) is 9.55 Å². The molecule has 1 heterocycles. The molecule has 2 N–H and O–H groups in total. The Morgan fingerprint density at radius 1 is 1.43 bits per heavy atom. The number of nitrogens with zero attached hydrogens (tertiary/aromatic N) is 2. The van der Waals surface area contributed by atoms with Gasteiger partial charge in [0.2, 0.25) is 0 Å². The van der Waals surface area contributed by atoms with Gasteiger partial charge in [-0.25, -0.2) is 4.98 Å². The van der Waals surface area contributed by atoms with Crippen molar-refractivity contribution in [3.8, 4) is 0 Å². The number of hydrogen-bond acceptors (Lipinski definition) is 2. The standard InChI is InChI=1S/C11H19N3/c1-11(2)9(12)4-3-5-10(11)14-7-6-13-8-14/h6-10H,3-5,12H2,1-2H3/t9-,10+/m0/s1. The van der Waals surface area contributed by atoms with Crippen molar-refractivity contribution in [3.05, 3.63) is 18.7 Å². The fourth-order valence-corrected chi connectivity index (χ4v) is 2.51. The third-order valence-electron chi connectivity index (χ3n) is 3.69. The number of aromatic nitrogens is 2.